The summed E-state index contributed by atoms with van der Waals surface area (Å²) in [5, 5.41) is 4.30. The molecule has 0 unspecified atom stereocenters. The maximum Gasteiger partial charge on any atom is 0.264 e. The highest BCUT2D eigenvalue weighted by Gasteiger charge is 2.36. The highest BCUT2D eigenvalue weighted by Crippen LogP contribution is 2.28. The van der Waals surface area contributed by atoms with E-state index in [-0.39, 0.29) is 29.8 Å². The van der Waals surface area contributed by atoms with Crippen molar-refractivity contribution in [2.75, 3.05) is 10.8 Å². The third kappa shape index (κ3) is 8.87. The highest BCUT2D eigenvalue weighted by molar-refractivity contribution is 7.92. The number of amides is 2. The molecule has 0 bridgehead atoms. The van der Waals surface area contributed by atoms with Crippen LogP contribution in [0.1, 0.15) is 42.4 Å². The van der Waals surface area contributed by atoms with E-state index >= 15 is 0 Å². The van der Waals surface area contributed by atoms with Crippen molar-refractivity contribution in [1.82, 2.24) is 10.2 Å². The molecule has 1 aliphatic rings. The largest absolute Gasteiger partial charge is 0.352 e. The predicted octanol–water partition coefficient (Wildman–Crippen LogP) is 7.85. The minimum absolute atomic E-state index is 0.00548. The van der Waals surface area contributed by atoms with Crippen LogP contribution < -0.4 is 9.62 Å². The molecule has 5 rings (SSSR count). The molecule has 246 valence electrons. The van der Waals surface area contributed by atoms with Crippen molar-refractivity contribution in [3.63, 3.8) is 0 Å². The highest BCUT2D eigenvalue weighted by atomic mass is 35.5. The Morgan fingerprint density at radius 2 is 1.53 bits per heavy atom. The maximum atomic E-state index is 14.6. The van der Waals surface area contributed by atoms with Crippen LogP contribution in [0.15, 0.2) is 102 Å². The molecule has 7 nitrogen and oxygen atoms in total. The first-order valence-electron chi connectivity index (χ1n) is 15.4. The Morgan fingerprint density at radius 1 is 0.851 bits per heavy atom. The van der Waals surface area contributed by atoms with Crippen LogP contribution in [0.25, 0.3) is 0 Å². The van der Waals surface area contributed by atoms with Crippen molar-refractivity contribution >= 4 is 62.3 Å². The van der Waals surface area contributed by atoms with Crippen molar-refractivity contribution in [3.8, 4) is 0 Å². The van der Waals surface area contributed by atoms with Crippen LogP contribution >= 0.6 is 34.8 Å². The number of sulfonamides is 1. The first kappa shape index (κ1) is 34.8. The van der Waals surface area contributed by atoms with Crippen molar-refractivity contribution in [1.29, 1.82) is 0 Å². The Kier molecular flexibility index (Phi) is 11.5. The van der Waals surface area contributed by atoms with Gasteiger partial charge in [0.05, 0.1) is 10.6 Å². The number of halogens is 3. The summed E-state index contributed by atoms with van der Waals surface area (Å²) in [6.07, 6.45) is 3.98. The smallest absolute Gasteiger partial charge is 0.264 e. The lowest BCUT2D eigenvalue weighted by molar-refractivity contribution is -0.140. The summed E-state index contributed by atoms with van der Waals surface area (Å²) in [6.45, 7) is 1.23. The Bertz CT molecular complexity index is 1820. The molecule has 11 heteroatoms. The van der Waals surface area contributed by atoms with E-state index in [1.807, 2.05) is 43.3 Å². The molecule has 0 aromatic heterocycles. The lowest BCUT2D eigenvalue weighted by atomic mass is 10.0. The first-order chi connectivity index (χ1) is 22.5. The number of carbonyl (C=O) groups excluding carboxylic acids is 2. The summed E-state index contributed by atoms with van der Waals surface area (Å²) in [5.74, 6) is -0.876. The summed E-state index contributed by atoms with van der Waals surface area (Å²) >= 11 is 18.9. The molecule has 1 saturated carbocycles. The summed E-state index contributed by atoms with van der Waals surface area (Å²) in [4.78, 5) is 30.2. The third-order valence-corrected chi connectivity index (χ3v) is 10.9. The van der Waals surface area contributed by atoms with Crippen molar-refractivity contribution in [2.45, 2.75) is 62.6 Å². The number of benzene rings is 4. The number of hydrogen-bond acceptors (Lipinski definition) is 4. The molecule has 0 spiro atoms. The van der Waals surface area contributed by atoms with Crippen LogP contribution in [0.5, 0.6) is 0 Å². The van der Waals surface area contributed by atoms with Gasteiger partial charge in [0, 0.05) is 34.1 Å². The van der Waals surface area contributed by atoms with Gasteiger partial charge < -0.3 is 10.2 Å². The molecule has 0 saturated heterocycles. The second-order valence-electron chi connectivity index (χ2n) is 11.8. The van der Waals surface area contributed by atoms with Crippen LogP contribution in [0.4, 0.5) is 5.69 Å². The van der Waals surface area contributed by atoms with Gasteiger partial charge in [0.15, 0.2) is 0 Å². The molecular formula is C36H36Cl3N3O4S. The fourth-order valence-electron chi connectivity index (χ4n) is 5.80. The predicted molar refractivity (Wildman–Crippen MR) is 189 cm³/mol. The molecule has 1 atom stereocenters. The van der Waals surface area contributed by atoms with E-state index in [0.29, 0.717) is 26.3 Å². The second kappa shape index (κ2) is 15.6. The number of anilines is 1. The molecule has 4 aromatic carbocycles. The molecular weight excluding hydrogens is 677 g/mol. The van der Waals surface area contributed by atoms with E-state index in [1.165, 1.54) is 29.2 Å². The summed E-state index contributed by atoms with van der Waals surface area (Å²) < 4.78 is 29.5. The monoisotopic (exact) mass is 711 g/mol. The number of aryl methyl sites for hydroxylation is 1. The summed E-state index contributed by atoms with van der Waals surface area (Å²) in [7, 11) is -4.24. The van der Waals surface area contributed by atoms with E-state index < -0.39 is 28.5 Å². The van der Waals surface area contributed by atoms with Crippen molar-refractivity contribution < 1.29 is 18.0 Å². The fraction of sp³-hybridized carbons (Fsp3) is 0.278. The standard InChI is InChI=1S/C36H36Cl3N3O4S/c1-25-8-7-13-31(20-25)42(47(45,46)32-18-16-28(37)17-19-32)24-35(43)41(23-27-14-15-29(38)22-33(27)39)34(21-26-9-3-2-4-10-26)36(44)40-30-11-5-6-12-30/h2-4,7-10,13-20,22,30,34H,5-6,11-12,21,23-24H2,1H3,(H,40,44)/t34-/m0/s1. The van der Waals surface area contributed by atoms with Crippen LogP contribution in [0, 0.1) is 6.92 Å². The lowest BCUT2D eigenvalue weighted by Gasteiger charge is -2.34. The van der Waals surface area contributed by atoms with E-state index in [4.69, 9.17) is 34.8 Å². The Labute approximate surface area is 291 Å². The second-order valence-corrected chi connectivity index (χ2v) is 14.9. The van der Waals surface area contributed by atoms with Gasteiger partial charge in [0.2, 0.25) is 11.8 Å². The molecule has 0 heterocycles. The number of hydrogen-bond donors (Lipinski definition) is 1. The minimum Gasteiger partial charge on any atom is -0.352 e. The molecule has 1 fully saturated rings. The van der Waals surface area contributed by atoms with Gasteiger partial charge in [-0.1, -0.05) is 96.2 Å². The molecule has 0 radical (unpaired) electrons. The zero-order valence-corrected chi connectivity index (χ0v) is 29.0. The van der Waals surface area contributed by atoms with Gasteiger partial charge in [-0.15, -0.1) is 0 Å². The lowest BCUT2D eigenvalue weighted by Crippen LogP contribution is -2.54. The van der Waals surface area contributed by atoms with Gasteiger partial charge in [0.1, 0.15) is 12.6 Å². The molecule has 1 N–H and O–H groups in total. The number of rotatable bonds is 12. The average Bonchev–Trinajstić information content (AvgIpc) is 3.56. The SMILES string of the molecule is Cc1cccc(N(CC(=O)N(Cc2ccc(Cl)cc2Cl)[C@@H](Cc2ccccc2)C(=O)NC2CCCC2)S(=O)(=O)c2ccc(Cl)cc2)c1. The minimum atomic E-state index is -4.24. The van der Waals surface area contributed by atoms with Crippen molar-refractivity contribution in [2.24, 2.45) is 0 Å². The van der Waals surface area contributed by atoms with Gasteiger partial charge in [0.25, 0.3) is 10.0 Å². The zero-order valence-electron chi connectivity index (χ0n) is 25.9. The van der Waals surface area contributed by atoms with Crippen LogP contribution in [-0.2, 0) is 32.6 Å². The summed E-state index contributed by atoms with van der Waals surface area (Å²) in [5.41, 5.74) is 2.55. The Morgan fingerprint density at radius 3 is 2.19 bits per heavy atom. The van der Waals surface area contributed by atoms with Gasteiger partial charge in [-0.2, -0.15) is 0 Å². The number of carbonyl (C=O) groups is 2. The van der Waals surface area contributed by atoms with E-state index in [2.05, 4.69) is 5.32 Å². The molecule has 2 amide bonds. The van der Waals surface area contributed by atoms with Crippen LogP contribution in [0.2, 0.25) is 15.1 Å². The van der Waals surface area contributed by atoms with Crippen LogP contribution in [0.3, 0.4) is 0 Å². The van der Waals surface area contributed by atoms with E-state index in [0.717, 1.165) is 41.1 Å². The molecule has 4 aromatic rings. The van der Waals surface area contributed by atoms with E-state index in [9.17, 15) is 18.0 Å². The molecule has 1 aliphatic carbocycles. The topological polar surface area (TPSA) is 86.8 Å². The zero-order chi connectivity index (χ0) is 33.6. The van der Waals surface area contributed by atoms with Gasteiger partial charge >= 0.3 is 0 Å². The molecule has 47 heavy (non-hydrogen) atoms. The quantitative estimate of drug-likeness (QED) is 0.162. The van der Waals surface area contributed by atoms with Gasteiger partial charge in [-0.05, 0) is 85.0 Å². The number of nitrogens with zero attached hydrogens (tertiary/aromatic N) is 2. The van der Waals surface area contributed by atoms with Crippen molar-refractivity contribution in [3.05, 3.63) is 129 Å². The first-order valence-corrected chi connectivity index (χ1v) is 18.0. The number of nitrogens with one attached hydrogen (secondary N) is 1. The van der Waals surface area contributed by atoms with Gasteiger partial charge in [-0.3, -0.25) is 13.9 Å². The van der Waals surface area contributed by atoms with E-state index in [1.54, 1.807) is 36.4 Å². The molecule has 0 aliphatic heterocycles. The summed E-state index contributed by atoms with van der Waals surface area (Å²) in [6, 6.07) is 26.2. The third-order valence-electron chi connectivity index (χ3n) is 8.30. The van der Waals surface area contributed by atoms with Crippen LogP contribution in [-0.4, -0.2) is 43.8 Å². The average molecular weight is 713 g/mol. The fourth-order valence-corrected chi connectivity index (χ4v) is 7.80. The Balaban J connectivity index is 1.58. The van der Waals surface area contributed by atoms with Gasteiger partial charge in [-0.25, -0.2) is 8.42 Å². The normalized spacial score (nSPS) is 14.0. The maximum absolute atomic E-state index is 14.6. The Hall–Kier alpha value is -3.56.